The number of para-hydroxylation sites is 1. The van der Waals surface area contributed by atoms with Crippen molar-refractivity contribution in [3.05, 3.63) is 59.2 Å². The van der Waals surface area contributed by atoms with E-state index in [-0.39, 0.29) is 5.91 Å². The summed E-state index contributed by atoms with van der Waals surface area (Å²) in [4.78, 5) is 11.6. The molecule has 0 heterocycles. The summed E-state index contributed by atoms with van der Waals surface area (Å²) in [5, 5.41) is 2.91. The number of carbonyl (C=O) groups is 1. The van der Waals surface area contributed by atoms with Crippen molar-refractivity contribution in [2.24, 2.45) is 0 Å². The molecule has 2 rings (SSSR count). The lowest BCUT2D eigenvalue weighted by Crippen LogP contribution is -2.12. The van der Waals surface area contributed by atoms with E-state index in [2.05, 4.69) is 31.3 Å². The van der Waals surface area contributed by atoms with Crippen molar-refractivity contribution in [2.45, 2.75) is 40.2 Å². The number of hydrogen-bond donors (Lipinski definition) is 1. The molecule has 0 aliphatic rings. The zero-order valence-electron chi connectivity index (χ0n) is 13.5. The minimum Gasteiger partial charge on any atom is -0.489 e. The largest absolute Gasteiger partial charge is 0.489 e. The fourth-order valence-electron chi connectivity index (χ4n) is 2.26. The summed E-state index contributed by atoms with van der Waals surface area (Å²) in [7, 11) is 0. The highest BCUT2D eigenvalue weighted by Crippen LogP contribution is 2.23. The molecule has 0 aliphatic carbocycles. The molecule has 3 heteroatoms. The van der Waals surface area contributed by atoms with Gasteiger partial charge in [0, 0.05) is 17.7 Å². The number of carbonyl (C=O) groups excluding carboxylic acids is 1. The van der Waals surface area contributed by atoms with Crippen molar-refractivity contribution in [2.75, 3.05) is 5.32 Å². The number of benzene rings is 2. The number of nitrogens with one attached hydrogen (secondary N) is 1. The van der Waals surface area contributed by atoms with Gasteiger partial charge in [0.1, 0.15) is 12.4 Å². The van der Waals surface area contributed by atoms with Crippen LogP contribution in [0.15, 0.2) is 42.5 Å². The van der Waals surface area contributed by atoms with Crippen LogP contribution >= 0.6 is 0 Å². The van der Waals surface area contributed by atoms with Crippen molar-refractivity contribution in [3.63, 3.8) is 0 Å². The second kappa shape index (κ2) is 7.64. The van der Waals surface area contributed by atoms with Crippen LogP contribution in [0.3, 0.4) is 0 Å². The van der Waals surface area contributed by atoms with Crippen LogP contribution < -0.4 is 10.1 Å². The third kappa shape index (κ3) is 4.10. The third-order valence-corrected chi connectivity index (χ3v) is 3.64. The van der Waals surface area contributed by atoms with Crippen LogP contribution in [0.4, 0.5) is 5.69 Å². The zero-order valence-corrected chi connectivity index (χ0v) is 13.5. The van der Waals surface area contributed by atoms with Crippen molar-refractivity contribution < 1.29 is 9.53 Å². The van der Waals surface area contributed by atoms with Gasteiger partial charge < -0.3 is 10.1 Å². The Morgan fingerprint density at radius 2 is 1.91 bits per heavy atom. The first kappa shape index (κ1) is 16.1. The summed E-state index contributed by atoms with van der Waals surface area (Å²) in [5.74, 6) is 0.893. The van der Waals surface area contributed by atoms with E-state index in [1.165, 1.54) is 5.56 Å². The lowest BCUT2D eigenvalue weighted by molar-refractivity contribution is -0.115. The predicted octanol–water partition coefficient (Wildman–Crippen LogP) is 4.48. The Balaban J connectivity index is 2.10. The number of hydrogen-bond acceptors (Lipinski definition) is 2. The van der Waals surface area contributed by atoms with E-state index in [0.717, 1.165) is 29.0 Å². The van der Waals surface area contributed by atoms with Crippen molar-refractivity contribution in [3.8, 4) is 5.75 Å². The molecular weight excluding hydrogens is 274 g/mol. The molecule has 0 aliphatic heterocycles. The Hall–Kier alpha value is -2.29. The highest BCUT2D eigenvalue weighted by molar-refractivity contribution is 5.91. The van der Waals surface area contributed by atoms with Crippen molar-refractivity contribution in [1.29, 1.82) is 0 Å². The van der Waals surface area contributed by atoms with E-state index in [1.807, 2.05) is 37.3 Å². The maximum Gasteiger partial charge on any atom is 0.224 e. The third-order valence-electron chi connectivity index (χ3n) is 3.64. The monoisotopic (exact) mass is 297 g/mol. The van der Waals surface area contributed by atoms with Crippen LogP contribution in [-0.4, -0.2) is 5.91 Å². The molecule has 0 aromatic heterocycles. The number of aryl methyl sites for hydroxylation is 2. The molecule has 3 nitrogen and oxygen atoms in total. The summed E-state index contributed by atoms with van der Waals surface area (Å²) in [6.45, 7) is 6.47. The van der Waals surface area contributed by atoms with Gasteiger partial charge in [-0.2, -0.15) is 0 Å². The maximum atomic E-state index is 11.6. The zero-order chi connectivity index (χ0) is 15.9. The normalized spacial score (nSPS) is 10.3. The quantitative estimate of drug-likeness (QED) is 0.853. The highest BCUT2D eigenvalue weighted by atomic mass is 16.5. The number of rotatable bonds is 6. The van der Waals surface area contributed by atoms with Gasteiger partial charge in [0.25, 0.3) is 0 Å². The van der Waals surface area contributed by atoms with Crippen molar-refractivity contribution >= 4 is 11.6 Å². The average molecular weight is 297 g/mol. The van der Waals surface area contributed by atoms with Crippen molar-refractivity contribution in [1.82, 2.24) is 0 Å². The summed E-state index contributed by atoms with van der Waals surface area (Å²) < 4.78 is 5.93. The van der Waals surface area contributed by atoms with E-state index in [9.17, 15) is 4.79 Å². The molecule has 1 amide bonds. The molecule has 0 atom stereocenters. The molecule has 0 bridgehead atoms. The van der Waals surface area contributed by atoms with Gasteiger partial charge in [-0.3, -0.25) is 4.79 Å². The molecular formula is C19H23NO2. The van der Waals surface area contributed by atoms with Crippen LogP contribution in [-0.2, 0) is 17.8 Å². The second-order valence-electron chi connectivity index (χ2n) is 5.30. The molecule has 116 valence electrons. The number of ether oxygens (including phenoxy) is 1. The topological polar surface area (TPSA) is 38.3 Å². The van der Waals surface area contributed by atoms with Crippen LogP contribution in [0.2, 0.25) is 0 Å². The minimum absolute atomic E-state index is 0.0101. The van der Waals surface area contributed by atoms with E-state index in [1.54, 1.807) is 0 Å². The molecule has 2 aromatic carbocycles. The minimum atomic E-state index is 0.0101. The van der Waals surface area contributed by atoms with Gasteiger partial charge in [0.05, 0.1) is 0 Å². The summed E-state index contributed by atoms with van der Waals surface area (Å²) in [5.41, 5.74) is 4.23. The summed E-state index contributed by atoms with van der Waals surface area (Å²) >= 11 is 0. The fourth-order valence-corrected chi connectivity index (χ4v) is 2.26. The Labute approximate surface area is 132 Å². The number of amides is 1. The van der Waals surface area contributed by atoms with E-state index in [0.29, 0.717) is 13.0 Å². The van der Waals surface area contributed by atoms with Gasteiger partial charge in [0.2, 0.25) is 5.91 Å². The molecule has 2 aromatic rings. The molecule has 0 saturated carbocycles. The Kier molecular flexibility index (Phi) is 5.59. The molecule has 0 radical (unpaired) electrons. The molecule has 22 heavy (non-hydrogen) atoms. The fraction of sp³-hybridized carbons (Fsp3) is 0.316. The molecule has 1 N–H and O–H groups in total. The SMILES string of the molecule is CCC(=O)Nc1ccccc1COc1ccc(CC)cc1C. The van der Waals surface area contributed by atoms with Crippen LogP contribution in [0.5, 0.6) is 5.75 Å². The van der Waals surface area contributed by atoms with Gasteiger partial charge in [-0.1, -0.05) is 44.2 Å². The van der Waals surface area contributed by atoms with Gasteiger partial charge in [0.15, 0.2) is 0 Å². The number of anilines is 1. The summed E-state index contributed by atoms with van der Waals surface area (Å²) in [6, 6.07) is 14.0. The van der Waals surface area contributed by atoms with E-state index < -0.39 is 0 Å². The molecule has 0 spiro atoms. The first-order valence-electron chi connectivity index (χ1n) is 7.74. The smallest absolute Gasteiger partial charge is 0.224 e. The maximum absolute atomic E-state index is 11.6. The van der Waals surface area contributed by atoms with Gasteiger partial charge in [-0.25, -0.2) is 0 Å². The second-order valence-corrected chi connectivity index (χ2v) is 5.30. The molecule has 0 unspecified atom stereocenters. The first-order valence-corrected chi connectivity index (χ1v) is 7.74. The Bertz CT molecular complexity index is 650. The molecule has 0 saturated heterocycles. The first-order chi connectivity index (χ1) is 10.6. The predicted molar refractivity (Wildman–Crippen MR) is 90.3 cm³/mol. The van der Waals surface area contributed by atoms with Gasteiger partial charge in [-0.05, 0) is 36.6 Å². The van der Waals surface area contributed by atoms with E-state index in [4.69, 9.17) is 4.74 Å². The molecule has 0 fully saturated rings. The lowest BCUT2D eigenvalue weighted by Gasteiger charge is -2.13. The Morgan fingerprint density at radius 1 is 1.14 bits per heavy atom. The Morgan fingerprint density at radius 3 is 2.59 bits per heavy atom. The van der Waals surface area contributed by atoms with Crippen LogP contribution in [0.1, 0.15) is 37.0 Å². The van der Waals surface area contributed by atoms with E-state index >= 15 is 0 Å². The average Bonchev–Trinajstić information content (AvgIpc) is 2.54. The lowest BCUT2D eigenvalue weighted by atomic mass is 10.1. The van der Waals surface area contributed by atoms with Gasteiger partial charge >= 0.3 is 0 Å². The standard InChI is InChI=1S/C19H23NO2/c1-4-15-10-11-18(14(3)12-15)22-13-16-8-6-7-9-17(16)20-19(21)5-2/h6-12H,4-5,13H2,1-3H3,(H,20,21). The van der Waals surface area contributed by atoms with Crippen LogP contribution in [0.25, 0.3) is 0 Å². The van der Waals surface area contributed by atoms with Crippen LogP contribution in [0, 0.1) is 6.92 Å². The summed E-state index contributed by atoms with van der Waals surface area (Å²) in [6.07, 6.45) is 1.49. The highest BCUT2D eigenvalue weighted by Gasteiger charge is 2.07. The van der Waals surface area contributed by atoms with Gasteiger partial charge in [-0.15, -0.1) is 0 Å².